The minimum Gasteiger partial charge on any atom is -0.494 e. The van der Waals surface area contributed by atoms with Crippen molar-refractivity contribution in [2.24, 2.45) is 0 Å². The van der Waals surface area contributed by atoms with Gasteiger partial charge in [0.05, 0.1) is 6.61 Å². The van der Waals surface area contributed by atoms with Crippen LogP contribution in [0.3, 0.4) is 0 Å². The van der Waals surface area contributed by atoms with Gasteiger partial charge in [-0.3, -0.25) is 4.79 Å². The number of hydrogen-bond donors (Lipinski definition) is 1. The van der Waals surface area contributed by atoms with Crippen molar-refractivity contribution in [3.8, 4) is 5.75 Å². The van der Waals surface area contributed by atoms with Crippen molar-refractivity contribution in [2.45, 2.75) is 13.8 Å². The highest BCUT2D eigenvalue weighted by atomic mass is 16.5. The fourth-order valence-electron chi connectivity index (χ4n) is 2.77. The first-order valence-electron chi connectivity index (χ1n) is 8.49. The summed E-state index contributed by atoms with van der Waals surface area (Å²) in [6.07, 6.45) is 1.75. The van der Waals surface area contributed by atoms with E-state index in [-0.39, 0.29) is 5.91 Å². The van der Waals surface area contributed by atoms with E-state index in [0.717, 1.165) is 43.4 Å². The maximum Gasteiger partial charge on any atom is 0.229 e. The van der Waals surface area contributed by atoms with Crippen LogP contribution in [0.25, 0.3) is 0 Å². The van der Waals surface area contributed by atoms with Crippen molar-refractivity contribution >= 4 is 23.4 Å². The number of hydrogen-bond acceptors (Lipinski definition) is 6. The maximum absolute atomic E-state index is 11.4. The summed E-state index contributed by atoms with van der Waals surface area (Å²) < 4.78 is 5.44. The van der Waals surface area contributed by atoms with Gasteiger partial charge in [0.2, 0.25) is 11.9 Å². The van der Waals surface area contributed by atoms with Crippen LogP contribution in [0.15, 0.2) is 36.5 Å². The van der Waals surface area contributed by atoms with Crippen LogP contribution in [-0.2, 0) is 4.79 Å². The van der Waals surface area contributed by atoms with E-state index in [9.17, 15) is 4.79 Å². The van der Waals surface area contributed by atoms with Crippen LogP contribution >= 0.6 is 0 Å². The summed E-state index contributed by atoms with van der Waals surface area (Å²) in [5.41, 5.74) is 0.905. The lowest BCUT2D eigenvalue weighted by molar-refractivity contribution is -0.129. The molecular formula is C18H23N5O2. The Morgan fingerprint density at radius 3 is 2.52 bits per heavy atom. The normalized spacial score (nSPS) is 14.3. The van der Waals surface area contributed by atoms with E-state index in [1.54, 1.807) is 13.1 Å². The number of nitrogens with zero attached hydrogens (tertiary/aromatic N) is 4. The van der Waals surface area contributed by atoms with Crippen LogP contribution in [0.5, 0.6) is 5.75 Å². The van der Waals surface area contributed by atoms with Gasteiger partial charge in [0.15, 0.2) is 0 Å². The maximum atomic E-state index is 11.4. The van der Waals surface area contributed by atoms with Gasteiger partial charge in [-0.15, -0.1) is 0 Å². The molecule has 1 amide bonds. The highest BCUT2D eigenvalue weighted by Crippen LogP contribution is 2.20. The van der Waals surface area contributed by atoms with Gasteiger partial charge in [-0.25, -0.2) is 4.98 Å². The number of aromatic nitrogens is 2. The molecule has 7 heteroatoms. The molecule has 0 radical (unpaired) electrons. The summed E-state index contributed by atoms with van der Waals surface area (Å²) in [5, 5.41) is 3.21. The molecule has 0 bridgehead atoms. The number of nitrogens with one attached hydrogen (secondary N) is 1. The zero-order valence-electron chi connectivity index (χ0n) is 14.6. The lowest BCUT2D eigenvalue weighted by atomic mass is 10.3. The molecule has 25 heavy (non-hydrogen) atoms. The monoisotopic (exact) mass is 341 g/mol. The molecular weight excluding hydrogens is 318 g/mol. The number of benzene rings is 1. The number of ether oxygens (including phenoxy) is 1. The molecule has 0 aliphatic carbocycles. The molecule has 0 spiro atoms. The smallest absolute Gasteiger partial charge is 0.229 e. The summed E-state index contributed by atoms with van der Waals surface area (Å²) in [4.78, 5) is 24.3. The largest absolute Gasteiger partial charge is 0.494 e. The van der Waals surface area contributed by atoms with E-state index in [0.29, 0.717) is 12.6 Å². The van der Waals surface area contributed by atoms with E-state index in [1.807, 2.05) is 42.2 Å². The van der Waals surface area contributed by atoms with Crippen LogP contribution < -0.4 is 15.0 Å². The second-order valence-corrected chi connectivity index (χ2v) is 5.81. The third-order valence-corrected chi connectivity index (χ3v) is 4.11. The first kappa shape index (κ1) is 17.0. The average Bonchev–Trinajstić information content (AvgIpc) is 2.64. The summed E-state index contributed by atoms with van der Waals surface area (Å²) in [6, 6.07) is 9.60. The van der Waals surface area contributed by atoms with Crippen LogP contribution in [0, 0.1) is 0 Å². The summed E-state index contributed by atoms with van der Waals surface area (Å²) in [7, 11) is 0. The number of anilines is 3. The third kappa shape index (κ3) is 4.37. The van der Waals surface area contributed by atoms with Crippen molar-refractivity contribution in [2.75, 3.05) is 43.0 Å². The Morgan fingerprint density at radius 1 is 1.16 bits per heavy atom. The standard InChI is InChI=1S/C18H23N5O2/c1-3-25-16-6-4-15(5-7-16)20-18-19-9-8-17(21-18)23-12-10-22(11-13-23)14(2)24/h4-9H,3,10-13H2,1-2H3,(H,19,20,21). The Hall–Kier alpha value is -2.83. The molecule has 0 unspecified atom stereocenters. The van der Waals surface area contributed by atoms with Crippen molar-refractivity contribution in [1.82, 2.24) is 14.9 Å². The summed E-state index contributed by atoms with van der Waals surface area (Å²) in [6.45, 7) is 7.22. The van der Waals surface area contributed by atoms with Gasteiger partial charge < -0.3 is 19.9 Å². The van der Waals surface area contributed by atoms with E-state index in [4.69, 9.17) is 4.74 Å². The molecule has 1 aliphatic rings. The molecule has 1 aromatic heterocycles. The van der Waals surface area contributed by atoms with Gasteiger partial charge in [-0.1, -0.05) is 0 Å². The average molecular weight is 341 g/mol. The number of rotatable bonds is 5. The first-order chi connectivity index (χ1) is 12.2. The first-order valence-corrected chi connectivity index (χ1v) is 8.49. The molecule has 1 aliphatic heterocycles. The topological polar surface area (TPSA) is 70.6 Å². The van der Waals surface area contributed by atoms with Gasteiger partial charge >= 0.3 is 0 Å². The van der Waals surface area contributed by atoms with Crippen molar-refractivity contribution in [3.05, 3.63) is 36.5 Å². The molecule has 7 nitrogen and oxygen atoms in total. The third-order valence-electron chi connectivity index (χ3n) is 4.11. The molecule has 132 valence electrons. The van der Waals surface area contributed by atoms with Gasteiger partial charge in [-0.2, -0.15) is 4.98 Å². The number of amides is 1. The Balaban J connectivity index is 1.64. The quantitative estimate of drug-likeness (QED) is 0.900. The number of carbonyl (C=O) groups is 1. The molecule has 2 aromatic rings. The van der Waals surface area contributed by atoms with E-state index in [1.165, 1.54) is 0 Å². The zero-order chi connectivity index (χ0) is 17.6. The van der Waals surface area contributed by atoms with Gasteiger partial charge in [0.25, 0.3) is 0 Å². The van der Waals surface area contributed by atoms with Gasteiger partial charge in [0.1, 0.15) is 11.6 Å². The van der Waals surface area contributed by atoms with E-state index < -0.39 is 0 Å². The number of carbonyl (C=O) groups excluding carboxylic acids is 1. The second-order valence-electron chi connectivity index (χ2n) is 5.81. The summed E-state index contributed by atoms with van der Waals surface area (Å²) in [5.74, 6) is 2.38. The molecule has 0 saturated carbocycles. The Labute approximate surface area is 147 Å². The van der Waals surface area contributed by atoms with E-state index >= 15 is 0 Å². The van der Waals surface area contributed by atoms with Crippen LogP contribution in [0.4, 0.5) is 17.5 Å². The molecule has 0 atom stereocenters. The lowest BCUT2D eigenvalue weighted by Crippen LogP contribution is -2.48. The molecule has 3 rings (SSSR count). The molecule has 1 saturated heterocycles. The highest BCUT2D eigenvalue weighted by Gasteiger charge is 2.19. The molecule has 2 heterocycles. The Morgan fingerprint density at radius 2 is 1.88 bits per heavy atom. The van der Waals surface area contributed by atoms with Crippen LogP contribution in [-0.4, -0.2) is 53.6 Å². The Bertz CT molecular complexity index is 712. The Kier molecular flexibility index (Phi) is 5.33. The fourth-order valence-corrected chi connectivity index (χ4v) is 2.77. The molecule has 1 fully saturated rings. The predicted molar refractivity (Wildman–Crippen MR) is 97.4 cm³/mol. The number of piperazine rings is 1. The van der Waals surface area contributed by atoms with Gasteiger partial charge in [0, 0.05) is 45.0 Å². The fraction of sp³-hybridized carbons (Fsp3) is 0.389. The highest BCUT2D eigenvalue weighted by molar-refractivity contribution is 5.73. The van der Waals surface area contributed by atoms with Gasteiger partial charge in [-0.05, 0) is 37.3 Å². The lowest BCUT2D eigenvalue weighted by Gasteiger charge is -2.34. The predicted octanol–water partition coefficient (Wildman–Crippen LogP) is 2.29. The summed E-state index contributed by atoms with van der Waals surface area (Å²) >= 11 is 0. The van der Waals surface area contributed by atoms with Crippen molar-refractivity contribution < 1.29 is 9.53 Å². The van der Waals surface area contributed by atoms with Crippen molar-refractivity contribution in [1.29, 1.82) is 0 Å². The van der Waals surface area contributed by atoms with Crippen LogP contribution in [0.1, 0.15) is 13.8 Å². The minimum atomic E-state index is 0.125. The van der Waals surface area contributed by atoms with E-state index in [2.05, 4.69) is 20.2 Å². The minimum absolute atomic E-state index is 0.125. The zero-order valence-corrected chi connectivity index (χ0v) is 14.6. The van der Waals surface area contributed by atoms with Crippen molar-refractivity contribution in [3.63, 3.8) is 0 Å². The van der Waals surface area contributed by atoms with Crippen LogP contribution in [0.2, 0.25) is 0 Å². The second kappa shape index (κ2) is 7.83. The molecule has 1 aromatic carbocycles. The molecule has 1 N–H and O–H groups in total. The SMILES string of the molecule is CCOc1ccc(Nc2nccc(N3CCN(C(C)=O)CC3)n2)cc1.